The maximum absolute atomic E-state index is 11.6. The van der Waals surface area contributed by atoms with Gasteiger partial charge in [0.2, 0.25) is 0 Å². The topological polar surface area (TPSA) is 52.0 Å². The monoisotopic (exact) mass is 306 g/mol. The summed E-state index contributed by atoms with van der Waals surface area (Å²) in [5, 5.41) is 0. The Labute approximate surface area is 95.5 Å². The van der Waals surface area contributed by atoms with E-state index in [4.69, 9.17) is 0 Å². The molecule has 0 bridgehead atoms. The van der Waals surface area contributed by atoms with E-state index in [2.05, 4.69) is 4.98 Å². The Morgan fingerprint density at radius 2 is 2.29 bits per heavy atom. The van der Waals surface area contributed by atoms with E-state index >= 15 is 0 Å². The van der Waals surface area contributed by atoms with Crippen LogP contribution >= 0.6 is 22.6 Å². The number of hydrogen-bond donors (Lipinski definition) is 0. The number of aromatic nitrogens is 2. The van der Waals surface area contributed by atoms with Crippen LogP contribution in [0.15, 0.2) is 11.1 Å². The normalized spacial score (nSPS) is 10.2. The fourth-order valence-corrected chi connectivity index (χ4v) is 1.43. The zero-order valence-corrected chi connectivity index (χ0v) is 10.2. The van der Waals surface area contributed by atoms with Crippen molar-refractivity contribution in [2.24, 2.45) is 0 Å². The van der Waals surface area contributed by atoms with Crippen molar-refractivity contribution >= 4 is 28.4 Å². The minimum atomic E-state index is -0.0700. The maximum Gasteiger partial charge on any atom is 0.267 e. The zero-order chi connectivity index (χ0) is 10.7. The largest absolute Gasteiger partial charge is 0.300 e. The Kier molecular flexibility index (Phi) is 3.79. The first-order chi connectivity index (χ1) is 6.52. The molecule has 0 unspecified atom stereocenters. The molecule has 0 N–H and O–H groups in total. The molecular weight excluding hydrogens is 295 g/mol. The van der Waals surface area contributed by atoms with Gasteiger partial charge in [-0.05, 0) is 36.4 Å². The lowest BCUT2D eigenvalue weighted by Crippen LogP contribution is -2.24. The standard InChI is InChI=1S/C9H11IN2O2/c1-6(13)3-4-12-5-11-7(2)8(10)9(12)14/h5H,3-4H2,1-2H3. The van der Waals surface area contributed by atoms with E-state index in [1.165, 1.54) is 17.8 Å². The second-order valence-corrected chi connectivity index (χ2v) is 4.17. The highest BCUT2D eigenvalue weighted by atomic mass is 127. The summed E-state index contributed by atoms with van der Waals surface area (Å²) in [6.07, 6.45) is 1.86. The summed E-state index contributed by atoms with van der Waals surface area (Å²) in [6.45, 7) is 3.72. The third-order valence-electron chi connectivity index (χ3n) is 1.86. The summed E-state index contributed by atoms with van der Waals surface area (Å²) < 4.78 is 2.09. The summed E-state index contributed by atoms with van der Waals surface area (Å²) in [4.78, 5) is 26.4. The molecule has 0 spiro atoms. The van der Waals surface area contributed by atoms with Crippen molar-refractivity contribution in [1.82, 2.24) is 9.55 Å². The Balaban J connectivity index is 2.95. The highest BCUT2D eigenvalue weighted by molar-refractivity contribution is 14.1. The molecule has 0 aliphatic rings. The van der Waals surface area contributed by atoms with Crippen LogP contribution < -0.4 is 5.56 Å². The molecule has 1 rings (SSSR count). The predicted octanol–water partition coefficient (Wildman–Crippen LogP) is 1.14. The minimum Gasteiger partial charge on any atom is -0.300 e. The van der Waals surface area contributed by atoms with Crippen molar-refractivity contribution in [3.63, 3.8) is 0 Å². The molecule has 0 atom stereocenters. The number of rotatable bonds is 3. The number of halogens is 1. The molecule has 0 aliphatic heterocycles. The molecule has 1 aromatic rings. The Morgan fingerprint density at radius 3 is 2.86 bits per heavy atom. The number of carbonyl (C=O) groups excluding carboxylic acids is 1. The third kappa shape index (κ3) is 2.63. The van der Waals surface area contributed by atoms with Crippen LogP contribution in [0.3, 0.4) is 0 Å². The van der Waals surface area contributed by atoms with E-state index in [-0.39, 0.29) is 11.3 Å². The number of Topliss-reactive ketones (excluding diaryl/α,β-unsaturated/α-hetero) is 1. The number of hydrogen-bond acceptors (Lipinski definition) is 3. The van der Waals surface area contributed by atoms with Gasteiger partial charge in [0.05, 0.1) is 15.6 Å². The van der Waals surface area contributed by atoms with Gasteiger partial charge in [-0.25, -0.2) is 4.98 Å². The van der Waals surface area contributed by atoms with Crippen LogP contribution in [0, 0.1) is 10.5 Å². The van der Waals surface area contributed by atoms with Crippen LogP contribution in [0.4, 0.5) is 0 Å². The fourth-order valence-electron chi connectivity index (χ4n) is 0.983. The first kappa shape index (κ1) is 11.4. The molecule has 0 amide bonds. The van der Waals surface area contributed by atoms with Crippen molar-refractivity contribution in [3.8, 4) is 0 Å². The van der Waals surface area contributed by atoms with E-state index in [0.29, 0.717) is 16.5 Å². The molecule has 5 heteroatoms. The highest BCUT2D eigenvalue weighted by Crippen LogP contribution is 2.01. The molecule has 0 saturated carbocycles. The molecule has 0 radical (unpaired) electrons. The third-order valence-corrected chi connectivity index (χ3v) is 3.10. The molecule has 76 valence electrons. The lowest BCUT2D eigenvalue weighted by molar-refractivity contribution is -0.117. The van der Waals surface area contributed by atoms with Crippen LogP contribution in [0.5, 0.6) is 0 Å². The number of aryl methyl sites for hydroxylation is 2. The van der Waals surface area contributed by atoms with Crippen LogP contribution in [0.1, 0.15) is 19.0 Å². The molecule has 1 heterocycles. The van der Waals surface area contributed by atoms with Gasteiger partial charge in [0.25, 0.3) is 5.56 Å². The van der Waals surface area contributed by atoms with Gasteiger partial charge in [0, 0.05) is 13.0 Å². The van der Waals surface area contributed by atoms with Gasteiger partial charge < -0.3 is 0 Å². The van der Waals surface area contributed by atoms with Gasteiger partial charge >= 0.3 is 0 Å². The van der Waals surface area contributed by atoms with E-state index < -0.39 is 0 Å². The average Bonchev–Trinajstić information content (AvgIpc) is 2.13. The van der Waals surface area contributed by atoms with Gasteiger partial charge in [0.15, 0.2) is 0 Å². The van der Waals surface area contributed by atoms with Crippen LogP contribution in [-0.2, 0) is 11.3 Å². The van der Waals surface area contributed by atoms with Gasteiger partial charge in [0.1, 0.15) is 5.78 Å². The molecule has 0 aliphatic carbocycles. The van der Waals surface area contributed by atoms with E-state index in [1.807, 2.05) is 22.6 Å². The SMILES string of the molecule is CC(=O)CCn1cnc(C)c(I)c1=O. The highest BCUT2D eigenvalue weighted by Gasteiger charge is 2.05. The van der Waals surface area contributed by atoms with Gasteiger partial charge in [-0.2, -0.15) is 0 Å². The Morgan fingerprint density at radius 1 is 1.64 bits per heavy atom. The van der Waals surface area contributed by atoms with Crippen molar-refractivity contribution in [2.75, 3.05) is 0 Å². The Hall–Kier alpha value is -0.720. The summed E-state index contributed by atoms with van der Waals surface area (Å²) in [5.41, 5.74) is 0.661. The van der Waals surface area contributed by atoms with Gasteiger partial charge in [-0.1, -0.05) is 0 Å². The molecular formula is C9H11IN2O2. The van der Waals surface area contributed by atoms with Crippen LogP contribution in [0.2, 0.25) is 0 Å². The van der Waals surface area contributed by atoms with E-state index in [9.17, 15) is 9.59 Å². The van der Waals surface area contributed by atoms with E-state index in [0.717, 1.165) is 5.69 Å². The summed E-state index contributed by atoms with van der Waals surface area (Å²) in [7, 11) is 0. The van der Waals surface area contributed by atoms with Crippen molar-refractivity contribution in [1.29, 1.82) is 0 Å². The number of ketones is 1. The summed E-state index contributed by atoms with van der Waals surface area (Å²) >= 11 is 1.97. The van der Waals surface area contributed by atoms with Gasteiger partial charge in [-0.3, -0.25) is 14.2 Å². The lowest BCUT2D eigenvalue weighted by atomic mass is 10.3. The minimum absolute atomic E-state index is 0.0700. The molecule has 4 nitrogen and oxygen atoms in total. The molecule has 1 aromatic heterocycles. The fraction of sp³-hybridized carbons (Fsp3) is 0.444. The van der Waals surface area contributed by atoms with Crippen molar-refractivity contribution < 1.29 is 4.79 Å². The Bertz CT molecular complexity index is 412. The molecule has 0 saturated heterocycles. The zero-order valence-electron chi connectivity index (χ0n) is 8.08. The number of carbonyl (C=O) groups is 1. The van der Waals surface area contributed by atoms with Crippen molar-refractivity contribution in [3.05, 3.63) is 25.9 Å². The second-order valence-electron chi connectivity index (χ2n) is 3.09. The smallest absolute Gasteiger partial charge is 0.267 e. The molecule has 0 aromatic carbocycles. The number of nitrogens with zero attached hydrogens (tertiary/aromatic N) is 2. The lowest BCUT2D eigenvalue weighted by Gasteiger charge is -2.04. The average molecular weight is 306 g/mol. The van der Waals surface area contributed by atoms with Crippen LogP contribution in [-0.4, -0.2) is 15.3 Å². The first-order valence-electron chi connectivity index (χ1n) is 4.23. The predicted molar refractivity (Wildman–Crippen MR) is 61.2 cm³/mol. The molecule has 0 fully saturated rings. The summed E-state index contributed by atoms with van der Waals surface area (Å²) in [5.74, 6) is 0.0764. The molecule has 14 heavy (non-hydrogen) atoms. The second kappa shape index (κ2) is 4.68. The van der Waals surface area contributed by atoms with Crippen molar-refractivity contribution in [2.45, 2.75) is 26.8 Å². The maximum atomic E-state index is 11.6. The quantitative estimate of drug-likeness (QED) is 0.787. The van der Waals surface area contributed by atoms with Gasteiger partial charge in [-0.15, -0.1) is 0 Å². The summed E-state index contributed by atoms with van der Waals surface area (Å²) in [6, 6.07) is 0. The first-order valence-corrected chi connectivity index (χ1v) is 5.31. The van der Waals surface area contributed by atoms with Crippen LogP contribution in [0.25, 0.3) is 0 Å². The van der Waals surface area contributed by atoms with E-state index in [1.54, 1.807) is 6.92 Å².